The van der Waals surface area contributed by atoms with E-state index in [1.54, 1.807) is 12.3 Å². The molecule has 0 bridgehead atoms. The third kappa shape index (κ3) is 4.02. The van der Waals surface area contributed by atoms with Gasteiger partial charge in [-0.1, -0.05) is 11.8 Å². The summed E-state index contributed by atoms with van der Waals surface area (Å²) < 4.78 is 42.2. The average Bonchev–Trinajstić information content (AvgIpc) is 2.95. The van der Waals surface area contributed by atoms with E-state index in [0.717, 1.165) is 12.1 Å². The molecule has 0 unspecified atom stereocenters. The molecule has 0 saturated carbocycles. The first kappa shape index (κ1) is 17.1. The lowest BCUT2D eigenvalue weighted by atomic mass is 10.2. The summed E-state index contributed by atoms with van der Waals surface area (Å²) in [7, 11) is 1.23. The Kier molecular flexibility index (Phi) is 4.53. The van der Waals surface area contributed by atoms with Crippen molar-refractivity contribution in [1.82, 2.24) is 15.0 Å². The van der Waals surface area contributed by atoms with Gasteiger partial charge in [0.05, 0.1) is 18.2 Å². The summed E-state index contributed by atoms with van der Waals surface area (Å²) in [5, 5.41) is 2.39. The molecular weight excluding hydrogens is 357 g/mol. The summed E-state index contributed by atoms with van der Waals surface area (Å²) in [5.41, 5.74) is 0.268. The Morgan fingerprint density at radius 1 is 1.24 bits per heavy atom. The van der Waals surface area contributed by atoms with E-state index in [9.17, 15) is 18.0 Å². The van der Waals surface area contributed by atoms with Crippen LogP contribution in [0.4, 0.5) is 23.9 Å². The number of halogens is 3. The number of rotatable bonds is 3. The van der Waals surface area contributed by atoms with Crippen LogP contribution in [0.25, 0.3) is 11.2 Å². The van der Waals surface area contributed by atoms with Crippen molar-refractivity contribution in [1.29, 1.82) is 0 Å². The smallest absolute Gasteiger partial charge is 0.416 e. The quantitative estimate of drug-likeness (QED) is 0.720. The Balaban J connectivity index is 1.78. The molecule has 1 aromatic carbocycles. The fraction of sp³-hybridized carbons (Fsp3) is 0.133. The normalized spacial score (nSPS) is 11.5. The molecule has 130 valence electrons. The molecule has 3 rings (SSSR count). The number of ether oxygens (including phenoxy) is 1. The molecular formula is C15H11F3N4O2S. The predicted molar refractivity (Wildman–Crippen MR) is 85.5 cm³/mol. The number of aromatic amines is 1. The van der Waals surface area contributed by atoms with Crippen LogP contribution in [0.15, 0.2) is 46.3 Å². The van der Waals surface area contributed by atoms with Gasteiger partial charge in [-0.05, 0) is 30.3 Å². The first-order valence-electron chi connectivity index (χ1n) is 6.91. The van der Waals surface area contributed by atoms with Crippen molar-refractivity contribution in [3.8, 4) is 0 Å². The average molecular weight is 368 g/mol. The third-order valence-corrected chi connectivity index (χ3v) is 4.10. The number of imidazole rings is 1. The van der Waals surface area contributed by atoms with Crippen LogP contribution in [0.5, 0.6) is 0 Å². The minimum atomic E-state index is -4.36. The molecule has 0 aliphatic rings. The number of carbonyl (C=O) groups excluding carboxylic acids is 1. The molecule has 0 aliphatic heterocycles. The maximum absolute atomic E-state index is 12.6. The molecule has 6 nitrogen and oxygen atoms in total. The molecule has 0 radical (unpaired) electrons. The first-order chi connectivity index (χ1) is 11.8. The molecule has 0 aliphatic carbocycles. The van der Waals surface area contributed by atoms with Gasteiger partial charge < -0.3 is 9.72 Å². The van der Waals surface area contributed by atoms with Crippen molar-refractivity contribution in [3.05, 3.63) is 42.1 Å². The summed E-state index contributed by atoms with van der Waals surface area (Å²) in [6.07, 6.45) is -3.48. The van der Waals surface area contributed by atoms with E-state index in [0.29, 0.717) is 21.0 Å². The molecule has 2 aromatic heterocycles. The fourth-order valence-electron chi connectivity index (χ4n) is 1.99. The summed E-state index contributed by atoms with van der Waals surface area (Å²) in [6.45, 7) is 0. The fourth-order valence-corrected chi connectivity index (χ4v) is 2.82. The second kappa shape index (κ2) is 6.63. The lowest BCUT2D eigenvalue weighted by Gasteiger charge is -2.07. The van der Waals surface area contributed by atoms with Gasteiger partial charge in [-0.15, -0.1) is 0 Å². The van der Waals surface area contributed by atoms with Gasteiger partial charge in [0.2, 0.25) is 5.95 Å². The number of hydrogen-bond acceptors (Lipinski definition) is 5. The number of pyridine rings is 1. The molecule has 2 heterocycles. The zero-order valence-corrected chi connectivity index (χ0v) is 13.5. The first-order valence-corrected chi connectivity index (χ1v) is 7.72. The highest BCUT2D eigenvalue weighted by molar-refractivity contribution is 7.99. The molecule has 10 heteroatoms. The molecule has 0 spiro atoms. The standard InChI is InChI=1S/C15H11F3N4O2S/c1-24-14(23)22-13-20-11-6-10(7-19-12(11)21-13)25-9-4-2-8(3-5-9)15(16,17)18/h2-7H,1H3,(H2,19,20,21,22,23). The number of H-pyrrole nitrogens is 1. The van der Waals surface area contributed by atoms with Crippen LogP contribution in [0.1, 0.15) is 5.56 Å². The number of methoxy groups -OCH3 is 1. The summed E-state index contributed by atoms with van der Waals surface area (Å²) in [6, 6.07) is 6.59. The van der Waals surface area contributed by atoms with Crippen LogP contribution in [0, 0.1) is 0 Å². The van der Waals surface area contributed by atoms with E-state index in [2.05, 4.69) is 25.0 Å². The lowest BCUT2D eigenvalue weighted by Crippen LogP contribution is -2.11. The number of fused-ring (bicyclic) bond motifs is 1. The lowest BCUT2D eigenvalue weighted by molar-refractivity contribution is -0.137. The number of hydrogen-bond donors (Lipinski definition) is 2. The zero-order chi connectivity index (χ0) is 18.0. The number of anilines is 1. The third-order valence-electron chi connectivity index (χ3n) is 3.14. The van der Waals surface area contributed by atoms with E-state index in [1.807, 2.05) is 0 Å². The summed E-state index contributed by atoms with van der Waals surface area (Å²) in [4.78, 5) is 23.6. The van der Waals surface area contributed by atoms with Crippen LogP contribution in [0.3, 0.4) is 0 Å². The topological polar surface area (TPSA) is 79.9 Å². The zero-order valence-electron chi connectivity index (χ0n) is 12.7. The largest absolute Gasteiger partial charge is 0.453 e. The van der Waals surface area contributed by atoms with Crippen molar-refractivity contribution in [2.75, 3.05) is 12.4 Å². The second-order valence-corrected chi connectivity index (χ2v) is 6.02. The number of nitrogens with zero attached hydrogens (tertiary/aromatic N) is 2. The number of carbonyl (C=O) groups is 1. The van der Waals surface area contributed by atoms with Gasteiger partial charge in [0, 0.05) is 16.0 Å². The minimum absolute atomic E-state index is 0.186. The number of aromatic nitrogens is 3. The van der Waals surface area contributed by atoms with E-state index < -0.39 is 17.8 Å². The number of benzene rings is 1. The van der Waals surface area contributed by atoms with Crippen LogP contribution in [0.2, 0.25) is 0 Å². The Labute approximate surface area is 143 Å². The van der Waals surface area contributed by atoms with Gasteiger partial charge in [0.1, 0.15) is 0 Å². The van der Waals surface area contributed by atoms with Crippen LogP contribution in [-0.2, 0) is 10.9 Å². The van der Waals surface area contributed by atoms with E-state index in [1.165, 1.54) is 31.0 Å². The Morgan fingerprint density at radius 2 is 1.96 bits per heavy atom. The maximum Gasteiger partial charge on any atom is 0.416 e. The van der Waals surface area contributed by atoms with Crippen LogP contribution < -0.4 is 5.32 Å². The molecule has 0 atom stereocenters. The van der Waals surface area contributed by atoms with Gasteiger partial charge in [0.15, 0.2) is 5.65 Å². The molecule has 3 aromatic rings. The van der Waals surface area contributed by atoms with Gasteiger partial charge >= 0.3 is 12.3 Å². The minimum Gasteiger partial charge on any atom is -0.453 e. The van der Waals surface area contributed by atoms with Gasteiger partial charge in [-0.25, -0.2) is 9.78 Å². The molecule has 0 fully saturated rings. The van der Waals surface area contributed by atoms with Gasteiger partial charge in [-0.2, -0.15) is 18.2 Å². The Hall–Kier alpha value is -2.75. The maximum atomic E-state index is 12.6. The molecule has 1 amide bonds. The number of nitrogens with one attached hydrogen (secondary N) is 2. The molecule has 2 N–H and O–H groups in total. The van der Waals surface area contributed by atoms with E-state index in [-0.39, 0.29) is 5.95 Å². The highest BCUT2D eigenvalue weighted by Crippen LogP contribution is 2.33. The Morgan fingerprint density at radius 3 is 2.60 bits per heavy atom. The Bertz CT molecular complexity index is 909. The van der Waals surface area contributed by atoms with E-state index in [4.69, 9.17) is 0 Å². The van der Waals surface area contributed by atoms with E-state index >= 15 is 0 Å². The number of amides is 1. The van der Waals surface area contributed by atoms with Crippen molar-refractivity contribution in [3.63, 3.8) is 0 Å². The van der Waals surface area contributed by atoms with Gasteiger partial charge in [0.25, 0.3) is 0 Å². The van der Waals surface area contributed by atoms with Crippen molar-refractivity contribution in [2.45, 2.75) is 16.0 Å². The van der Waals surface area contributed by atoms with Crippen LogP contribution in [-0.4, -0.2) is 28.2 Å². The van der Waals surface area contributed by atoms with Crippen LogP contribution >= 0.6 is 11.8 Å². The summed E-state index contributed by atoms with van der Waals surface area (Å²) in [5.74, 6) is 0.186. The van der Waals surface area contributed by atoms with Crippen molar-refractivity contribution < 1.29 is 22.7 Å². The molecule has 25 heavy (non-hydrogen) atoms. The van der Waals surface area contributed by atoms with Gasteiger partial charge in [-0.3, -0.25) is 5.32 Å². The van der Waals surface area contributed by atoms with Crippen molar-refractivity contribution in [2.24, 2.45) is 0 Å². The summed E-state index contributed by atoms with van der Waals surface area (Å²) >= 11 is 1.26. The highest BCUT2D eigenvalue weighted by Gasteiger charge is 2.29. The molecule has 0 saturated heterocycles. The predicted octanol–water partition coefficient (Wildman–Crippen LogP) is 4.31. The van der Waals surface area contributed by atoms with Crippen molar-refractivity contribution >= 4 is 35.0 Å². The SMILES string of the molecule is COC(=O)Nc1nc2ncc(Sc3ccc(C(F)(F)F)cc3)cc2[nH]1. The second-order valence-electron chi connectivity index (χ2n) is 4.87. The number of alkyl halides is 3. The highest BCUT2D eigenvalue weighted by atomic mass is 32.2. The monoisotopic (exact) mass is 368 g/mol.